The largest absolute Gasteiger partial charge is 0.491 e. The van der Waals surface area contributed by atoms with E-state index >= 15 is 0 Å². The number of carbonyl (C=O) groups is 8. The number of nitrogens with zero attached hydrogens (tertiary/aromatic N) is 17. The van der Waals surface area contributed by atoms with Gasteiger partial charge in [-0.1, -0.05) is 25.1 Å². The van der Waals surface area contributed by atoms with Gasteiger partial charge < -0.3 is 118 Å². The summed E-state index contributed by atoms with van der Waals surface area (Å²) in [5.74, 6) is 4.65. The molecule has 53 heteroatoms. The third-order valence-electron chi connectivity index (χ3n) is 28.1. The summed E-state index contributed by atoms with van der Waals surface area (Å²) < 4.78 is 206. The Morgan fingerprint density at radius 2 is 0.740 bits per heavy atom. The Balaban J connectivity index is 0.000000113. The van der Waals surface area contributed by atoms with Crippen LogP contribution in [0.4, 0.5) is 104 Å². The zero-order valence-electron chi connectivity index (χ0n) is 80.0. The lowest BCUT2D eigenvalue weighted by atomic mass is 9.79. The Hall–Kier alpha value is -15.4. The molecular weight excluding hydrogens is 2020 g/mol. The second-order valence-electron chi connectivity index (χ2n) is 38.0. The number of ether oxygens (including phenoxy) is 12. The summed E-state index contributed by atoms with van der Waals surface area (Å²) in [7, 11) is 0. The Labute approximate surface area is 851 Å². The van der Waals surface area contributed by atoms with E-state index in [-0.39, 0.29) is 116 Å². The fourth-order valence-corrected chi connectivity index (χ4v) is 19.8. The van der Waals surface area contributed by atoms with Crippen LogP contribution in [0, 0.1) is 17.3 Å². The smallest absolute Gasteiger partial charge is 0.416 e. The molecule has 24 rings (SSSR count). The van der Waals surface area contributed by atoms with Gasteiger partial charge in [0.1, 0.15) is 160 Å². The number of cyclic esters (lactones) is 4. The number of carbonyl (C=O) groups excluding carboxylic acids is 8. The van der Waals surface area contributed by atoms with E-state index in [9.17, 15) is 82.3 Å². The Bertz CT molecular complexity index is 6900. The summed E-state index contributed by atoms with van der Waals surface area (Å²) in [6.07, 6.45) is -5.68. The highest BCUT2D eigenvalue weighted by Gasteiger charge is 2.50. The molecule has 5 aromatic heterocycles. The zero-order valence-corrected chi connectivity index (χ0v) is 80.8. The second kappa shape index (κ2) is 41.6. The van der Waals surface area contributed by atoms with Crippen molar-refractivity contribution in [3.05, 3.63) is 139 Å². The molecule has 10 N–H and O–H groups in total. The van der Waals surface area contributed by atoms with Gasteiger partial charge in [-0.2, -0.15) is 0 Å². The van der Waals surface area contributed by atoms with Crippen LogP contribution in [-0.4, -0.2) is 287 Å². The third kappa shape index (κ3) is 20.0. The van der Waals surface area contributed by atoms with Crippen LogP contribution in [0.3, 0.4) is 0 Å². The van der Waals surface area contributed by atoms with E-state index in [1.807, 2.05) is 104 Å². The molecule has 8 amide bonds. The molecule has 10 aromatic rings. The number of anilines is 7. The van der Waals surface area contributed by atoms with E-state index < -0.39 is 98.0 Å². The molecule has 14 aliphatic rings. The highest BCUT2D eigenvalue weighted by atomic mass is 32.1. The number of imidazole rings is 5. The first kappa shape index (κ1) is 102. The number of aryl methyl sites for hydroxylation is 1. The van der Waals surface area contributed by atoms with E-state index in [0.717, 1.165) is 78.2 Å². The van der Waals surface area contributed by atoms with Gasteiger partial charge in [0, 0.05) is 80.0 Å². The van der Waals surface area contributed by atoms with Gasteiger partial charge in [-0.3, -0.25) is 24.1 Å². The lowest BCUT2D eigenvalue weighted by Crippen LogP contribution is -2.57. The number of halogens is 10. The van der Waals surface area contributed by atoms with Crippen LogP contribution >= 0.6 is 12.2 Å². The van der Waals surface area contributed by atoms with Crippen molar-refractivity contribution in [2.45, 2.75) is 146 Å². The standard InChI is InChI=1S/C20H20F2N4O5.C20H22F2N4O4.2C19H19F2N5O4.C19H20F2N4O3S/c21-16(22)13-8-31-19(28)26(13)15-7-25-3-4-30-14-5-11(1-2-12(14)17(25)24-15)6-20(18(23)27)9-29-10-20;21-17(22)14-9-30-19(27)26(14)16-8-25-5-6-29-15-7-12(1-2-13(15)18(25)24-16)3-4-20(23)10-28-11-20;20-16(21)13-9-30-19(28)26(13)15-8-24-3-4-29-14-5-11(1-2-12(14)18(24)23-15)25-6-10(7-25)17(22)27;20-16(21)13-9-30-19(28)26(13)15-8-24-5-6-29-14-7-10(1-2-11(14)18(24)23-15)25-4-3-12(25)17(22)27;1-10(17(22)26)6-11-2-3-12-14(7-11)27-5-4-24-8-15(23-18(12)24)25-13(16(20)21)9-28-19(25)29/h1-2,5,7,13,16H,3-4,6,8-10H2,(H2,23,27);1-2,7-8,14,17H,3-6,9-11,23H2;1-2,5,8,10,13,16H,3-4,6-7,9H2,(H2,22,27);1-2,7-8,12-13,16H,3-6,9H2,(H2,22,27);2-3,7-8,10,13,16H,4-6,9H2,1H3,(H2,22,26)/t13-;14-;13-;12-,13-;10-,13+/m00001/s1. The first-order chi connectivity index (χ1) is 72.0. The topological polar surface area (TPSA) is 489 Å². The molecule has 150 heavy (non-hydrogen) atoms. The van der Waals surface area contributed by atoms with Crippen LogP contribution < -0.4 is 86.7 Å². The molecule has 19 heterocycles. The molecule has 0 aliphatic carbocycles. The van der Waals surface area contributed by atoms with Crippen LogP contribution in [0.2, 0.25) is 0 Å². The van der Waals surface area contributed by atoms with Crippen LogP contribution in [0.1, 0.15) is 36.5 Å². The summed E-state index contributed by atoms with van der Waals surface area (Å²) in [4.78, 5) is 125. The number of alkyl halides is 10. The number of amides is 8. The highest BCUT2D eigenvalue weighted by Crippen LogP contribution is 2.47. The summed E-state index contributed by atoms with van der Waals surface area (Å²) in [6.45, 7) is 7.77. The molecule has 794 valence electrons. The van der Waals surface area contributed by atoms with Gasteiger partial charge in [0.25, 0.3) is 37.3 Å². The fourth-order valence-electron chi connectivity index (χ4n) is 19.5. The highest BCUT2D eigenvalue weighted by molar-refractivity contribution is 7.80. The number of nitrogens with two attached hydrogens (primary N) is 5. The average Bonchev–Trinajstić information content (AvgIpc) is 1.51. The van der Waals surface area contributed by atoms with Crippen LogP contribution in [0.25, 0.3) is 56.9 Å². The maximum atomic E-state index is 13.4. The van der Waals surface area contributed by atoms with Gasteiger partial charge in [-0.05, 0) is 122 Å². The van der Waals surface area contributed by atoms with E-state index in [4.69, 9.17) is 97.7 Å². The summed E-state index contributed by atoms with van der Waals surface area (Å²) in [5.41, 5.74) is 35.0. The number of fused-ring (bicyclic) bond motifs is 15. The molecule has 9 saturated heterocycles. The van der Waals surface area contributed by atoms with Gasteiger partial charge >= 0.3 is 24.4 Å². The minimum Gasteiger partial charge on any atom is -0.491 e. The second-order valence-corrected chi connectivity index (χ2v) is 38.3. The molecule has 9 fully saturated rings. The number of aromatic nitrogens is 10. The van der Waals surface area contributed by atoms with Crippen molar-refractivity contribution in [3.8, 4) is 85.7 Å². The minimum absolute atomic E-state index is 0.00387. The molecule has 0 radical (unpaired) electrons. The maximum absolute atomic E-state index is 13.4. The molecule has 14 aliphatic heterocycles. The van der Waals surface area contributed by atoms with E-state index in [1.165, 1.54) is 4.90 Å². The number of rotatable bonds is 23. The van der Waals surface area contributed by atoms with Crippen molar-refractivity contribution in [1.29, 1.82) is 0 Å². The van der Waals surface area contributed by atoms with E-state index in [0.29, 0.717) is 192 Å². The van der Waals surface area contributed by atoms with E-state index in [1.54, 1.807) is 57.7 Å². The number of primary amides is 4. The molecule has 0 saturated carbocycles. The molecule has 0 bridgehead atoms. The zero-order chi connectivity index (χ0) is 105. The number of hydrogen-bond acceptors (Lipinski definition) is 29. The number of thiocarbonyl (C=S) groups is 1. The Morgan fingerprint density at radius 1 is 0.407 bits per heavy atom. The summed E-state index contributed by atoms with van der Waals surface area (Å²) >= 11 is 5.10. The third-order valence-corrected chi connectivity index (χ3v) is 28.4. The van der Waals surface area contributed by atoms with E-state index in [2.05, 4.69) is 24.9 Å². The molecule has 5 aromatic carbocycles. The van der Waals surface area contributed by atoms with Crippen molar-refractivity contribution in [1.82, 2.24) is 47.8 Å². The van der Waals surface area contributed by atoms with Crippen LogP contribution in [0.5, 0.6) is 28.7 Å². The quantitative estimate of drug-likeness (QED) is 0.0226. The van der Waals surface area contributed by atoms with Crippen molar-refractivity contribution in [2.24, 2.45) is 45.9 Å². The first-order valence-electron chi connectivity index (χ1n) is 48.1. The van der Waals surface area contributed by atoms with Gasteiger partial charge in [0.05, 0.1) is 104 Å². The van der Waals surface area contributed by atoms with Gasteiger partial charge in [-0.25, -0.2) is 108 Å². The number of hydrogen-bond donors (Lipinski definition) is 5. The van der Waals surface area contributed by atoms with Crippen molar-refractivity contribution >= 4 is 106 Å². The predicted molar refractivity (Wildman–Crippen MR) is 515 cm³/mol. The normalized spacial score (nSPS) is 21.3. The Kier molecular flexibility index (Phi) is 28.2. The average molecular weight is 2120 g/mol. The van der Waals surface area contributed by atoms with Crippen molar-refractivity contribution < 1.29 is 139 Å². The Morgan fingerprint density at radius 3 is 1.08 bits per heavy atom. The minimum atomic E-state index is -2.75. The number of benzene rings is 5. The van der Waals surface area contributed by atoms with Crippen molar-refractivity contribution in [2.75, 3.05) is 146 Å². The SMILES string of the molecule is C[C@H](Cc1ccc2c(c1)OCCn1cc(N3C(=S)OC[C@H]3C(F)F)nc1-2)C(N)=O.NC(=O)C1(Cc2ccc3c(c2)OCCn2cc(N4C(=O)OC[C@H]4C(F)F)nc2-3)COC1.NC(=O)C1CN(c2ccc3c(c2)OCCn2cc(N4C(=O)OC[C@H]4C(F)F)nc2-3)C1.NC(=O)[C@@H]1CCN1c1ccc2c(c1)OCCn1cc(N3C(=O)OC[C@H]3C(F)F)nc1-2.NC1(CCc2ccc3c(c2)OCCn2cc(N4C(=O)OC[C@H]4C(F)F)nc2-3)COC1. The molecule has 0 spiro atoms. The molecule has 0 unspecified atom stereocenters. The first-order valence-corrected chi connectivity index (χ1v) is 48.5. The molecule has 7 atom stereocenters. The predicted octanol–water partition coefficient (Wildman–Crippen LogP) is 9.18. The van der Waals surface area contributed by atoms with Crippen LogP contribution in [-0.2, 0) is 104 Å². The molecule has 42 nitrogen and oxygen atoms in total. The van der Waals surface area contributed by atoms with Gasteiger partial charge in [0.15, 0.2) is 29.1 Å². The van der Waals surface area contributed by atoms with Gasteiger partial charge in [0.2, 0.25) is 23.6 Å². The molecular formula is C97H100F10N22O20S. The van der Waals surface area contributed by atoms with Crippen molar-refractivity contribution in [3.63, 3.8) is 0 Å². The van der Waals surface area contributed by atoms with Crippen LogP contribution in [0.15, 0.2) is 122 Å². The summed E-state index contributed by atoms with van der Waals surface area (Å²) in [6, 6.07) is 21.1. The fraction of sp³-hybridized carbons (Fsp3) is 0.443. The maximum Gasteiger partial charge on any atom is 0.416 e. The lowest BCUT2D eigenvalue weighted by Gasteiger charge is -2.40. The van der Waals surface area contributed by atoms with Gasteiger partial charge in [-0.15, -0.1) is 0 Å². The lowest BCUT2D eigenvalue weighted by molar-refractivity contribution is -0.158. The summed E-state index contributed by atoms with van der Waals surface area (Å²) in [5, 5.41) is -0.00387. The monoisotopic (exact) mass is 2110 g/mol.